The van der Waals surface area contributed by atoms with Crippen LogP contribution >= 0.6 is 0 Å². The van der Waals surface area contributed by atoms with Gasteiger partial charge in [0, 0.05) is 0 Å². The monoisotopic (exact) mass is 484 g/mol. The number of methoxy groups -OCH3 is 1. The largest absolute Gasteiger partial charge is 0.496 e. The third-order valence-corrected chi connectivity index (χ3v) is 6.35. The molecule has 35 heavy (non-hydrogen) atoms. The number of carbonyl (C=O) groups is 2. The van der Waals surface area contributed by atoms with Crippen molar-refractivity contribution in [1.29, 1.82) is 0 Å². The number of rotatable bonds is 8. The zero-order valence-corrected chi connectivity index (χ0v) is 19.2. The molecule has 1 aliphatic carbocycles. The van der Waals surface area contributed by atoms with Crippen molar-refractivity contribution in [3.8, 4) is 11.5 Å². The van der Waals surface area contributed by atoms with Crippen LogP contribution in [0.15, 0.2) is 54.6 Å². The predicted octanol–water partition coefficient (Wildman–Crippen LogP) is 6.17. The second-order valence-corrected chi connectivity index (χ2v) is 8.53. The zero-order valence-electron chi connectivity index (χ0n) is 19.2. The molecule has 8 heteroatoms. The quantitative estimate of drug-likeness (QED) is 0.386. The molecule has 1 aliphatic rings. The van der Waals surface area contributed by atoms with Gasteiger partial charge in [-0.05, 0) is 54.2 Å². The molecule has 0 radical (unpaired) electrons. The first-order valence-electron chi connectivity index (χ1n) is 11.4. The molecule has 0 saturated heterocycles. The lowest BCUT2D eigenvalue weighted by Crippen LogP contribution is -2.29. The Bertz CT molecular complexity index is 1210. The summed E-state index contributed by atoms with van der Waals surface area (Å²) in [7, 11) is 1.22. The molecule has 6 nitrogen and oxygen atoms in total. The summed E-state index contributed by atoms with van der Waals surface area (Å²) in [6, 6.07) is 15.8. The van der Waals surface area contributed by atoms with E-state index in [0.717, 1.165) is 28.5 Å². The SMILES string of the molecule is COc1cc(C(F)F)c(OC2CCC(C(=O)OCc3cccc4ccccc34)CC2)cc1C(=O)O. The molecule has 4 rings (SSSR count). The van der Waals surface area contributed by atoms with Crippen LogP contribution in [0.25, 0.3) is 10.8 Å². The molecule has 0 atom stereocenters. The summed E-state index contributed by atoms with van der Waals surface area (Å²) < 4.78 is 43.5. The number of fused-ring (bicyclic) bond motifs is 1. The van der Waals surface area contributed by atoms with Crippen LogP contribution in [0.5, 0.6) is 11.5 Å². The van der Waals surface area contributed by atoms with Gasteiger partial charge < -0.3 is 19.3 Å². The van der Waals surface area contributed by atoms with E-state index in [-0.39, 0.29) is 35.6 Å². The van der Waals surface area contributed by atoms with Crippen LogP contribution < -0.4 is 9.47 Å². The van der Waals surface area contributed by atoms with E-state index < -0.39 is 24.1 Å². The minimum Gasteiger partial charge on any atom is -0.496 e. The minimum atomic E-state index is -2.86. The fraction of sp³-hybridized carbons (Fsp3) is 0.333. The molecule has 0 unspecified atom stereocenters. The average Bonchev–Trinajstić information content (AvgIpc) is 2.87. The van der Waals surface area contributed by atoms with Gasteiger partial charge in [0.05, 0.1) is 24.7 Å². The number of hydrogen-bond donors (Lipinski definition) is 1. The van der Waals surface area contributed by atoms with Gasteiger partial charge in [-0.15, -0.1) is 0 Å². The smallest absolute Gasteiger partial charge is 0.339 e. The number of alkyl halides is 2. The van der Waals surface area contributed by atoms with Crippen molar-refractivity contribution in [2.75, 3.05) is 7.11 Å². The van der Waals surface area contributed by atoms with Crippen molar-refractivity contribution < 1.29 is 37.7 Å². The maximum Gasteiger partial charge on any atom is 0.339 e. The summed E-state index contributed by atoms with van der Waals surface area (Å²) in [5.74, 6) is -2.23. The van der Waals surface area contributed by atoms with Gasteiger partial charge in [-0.3, -0.25) is 4.79 Å². The number of ether oxygens (including phenoxy) is 3. The maximum atomic E-state index is 13.6. The molecule has 0 aromatic heterocycles. The molecule has 1 N–H and O–H groups in total. The first kappa shape index (κ1) is 24.4. The topological polar surface area (TPSA) is 82.1 Å². The molecular weight excluding hydrogens is 458 g/mol. The van der Waals surface area contributed by atoms with Gasteiger partial charge >= 0.3 is 11.9 Å². The number of hydrogen-bond acceptors (Lipinski definition) is 5. The summed E-state index contributed by atoms with van der Waals surface area (Å²) in [5, 5.41) is 11.5. The average molecular weight is 484 g/mol. The van der Waals surface area contributed by atoms with Crippen molar-refractivity contribution in [2.45, 2.75) is 44.8 Å². The predicted molar refractivity (Wildman–Crippen MR) is 125 cm³/mol. The van der Waals surface area contributed by atoms with Crippen LogP contribution in [0.3, 0.4) is 0 Å². The standard InChI is InChI=1S/C27H26F2O6/c1-33-23-13-21(25(28)29)24(14-22(23)26(30)31)35-19-11-9-17(10-12-19)27(32)34-15-18-7-4-6-16-5-2-3-8-20(16)18/h2-8,13-14,17,19,25H,9-12,15H2,1H3,(H,30,31). The van der Waals surface area contributed by atoms with Crippen LogP contribution in [0.4, 0.5) is 8.78 Å². The minimum absolute atomic E-state index is 0.155. The number of carboxylic acid groups (broad SMARTS) is 1. The Balaban J connectivity index is 1.37. The van der Waals surface area contributed by atoms with Crippen LogP contribution in [0.1, 0.15) is 53.6 Å². The van der Waals surface area contributed by atoms with E-state index in [4.69, 9.17) is 14.2 Å². The van der Waals surface area contributed by atoms with Gasteiger partial charge in [-0.25, -0.2) is 13.6 Å². The number of esters is 1. The molecule has 0 bridgehead atoms. The lowest BCUT2D eigenvalue weighted by Gasteiger charge is -2.28. The maximum absolute atomic E-state index is 13.6. The van der Waals surface area contributed by atoms with Crippen LogP contribution in [-0.2, 0) is 16.1 Å². The Morgan fingerprint density at radius 3 is 2.40 bits per heavy atom. The van der Waals surface area contributed by atoms with Crippen molar-refractivity contribution in [2.24, 2.45) is 5.92 Å². The van der Waals surface area contributed by atoms with Gasteiger partial charge in [0.1, 0.15) is 23.7 Å². The third-order valence-electron chi connectivity index (χ3n) is 6.35. The molecule has 184 valence electrons. The van der Waals surface area contributed by atoms with Gasteiger partial charge in [0.15, 0.2) is 0 Å². The Hall–Kier alpha value is -3.68. The van der Waals surface area contributed by atoms with E-state index in [9.17, 15) is 23.5 Å². The van der Waals surface area contributed by atoms with E-state index in [1.165, 1.54) is 7.11 Å². The fourth-order valence-electron chi connectivity index (χ4n) is 4.47. The highest BCUT2D eigenvalue weighted by Crippen LogP contribution is 2.38. The molecule has 0 heterocycles. The highest BCUT2D eigenvalue weighted by atomic mass is 19.3. The third kappa shape index (κ3) is 5.53. The number of benzene rings is 3. The molecule has 3 aromatic rings. The van der Waals surface area contributed by atoms with E-state index in [2.05, 4.69) is 0 Å². The molecule has 0 aliphatic heterocycles. The summed E-state index contributed by atoms with van der Waals surface area (Å²) >= 11 is 0. The van der Waals surface area contributed by atoms with Crippen LogP contribution in [0.2, 0.25) is 0 Å². The first-order valence-corrected chi connectivity index (χ1v) is 11.4. The van der Waals surface area contributed by atoms with E-state index in [0.29, 0.717) is 25.7 Å². The van der Waals surface area contributed by atoms with Gasteiger partial charge in [0.2, 0.25) is 0 Å². The molecule has 3 aromatic carbocycles. The van der Waals surface area contributed by atoms with Crippen molar-refractivity contribution in [3.63, 3.8) is 0 Å². The highest BCUT2D eigenvalue weighted by Gasteiger charge is 2.30. The van der Waals surface area contributed by atoms with Crippen LogP contribution in [0, 0.1) is 5.92 Å². The van der Waals surface area contributed by atoms with Crippen molar-refractivity contribution >= 4 is 22.7 Å². The Labute approximate surface area is 201 Å². The van der Waals surface area contributed by atoms with Gasteiger partial charge in [0.25, 0.3) is 6.43 Å². The Kier molecular flexibility index (Phi) is 7.48. The second-order valence-electron chi connectivity index (χ2n) is 8.53. The van der Waals surface area contributed by atoms with Gasteiger partial charge in [-0.2, -0.15) is 0 Å². The molecular formula is C27H26F2O6. The summed E-state index contributed by atoms with van der Waals surface area (Å²) in [4.78, 5) is 24.2. The lowest BCUT2D eigenvalue weighted by molar-refractivity contribution is -0.151. The molecule has 1 saturated carbocycles. The summed E-state index contributed by atoms with van der Waals surface area (Å²) in [6.07, 6.45) is -1.36. The molecule has 0 amide bonds. The number of carbonyl (C=O) groups excluding carboxylic acids is 1. The fourth-order valence-corrected chi connectivity index (χ4v) is 4.47. The Morgan fingerprint density at radius 2 is 1.71 bits per heavy atom. The van der Waals surface area contributed by atoms with Crippen molar-refractivity contribution in [1.82, 2.24) is 0 Å². The summed E-state index contributed by atoms with van der Waals surface area (Å²) in [5.41, 5.74) is 0.253. The van der Waals surface area contributed by atoms with Crippen LogP contribution in [-0.4, -0.2) is 30.3 Å². The Morgan fingerprint density at radius 1 is 1.00 bits per heavy atom. The van der Waals surface area contributed by atoms with E-state index in [1.54, 1.807) is 0 Å². The normalized spacial score (nSPS) is 17.8. The first-order chi connectivity index (χ1) is 16.9. The van der Waals surface area contributed by atoms with Gasteiger partial charge in [-0.1, -0.05) is 42.5 Å². The highest BCUT2D eigenvalue weighted by molar-refractivity contribution is 5.91. The zero-order chi connectivity index (χ0) is 24.9. The summed E-state index contributed by atoms with van der Waals surface area (Å²) in [6.45, 7) is 0.179. The second kappa shape index (κ2) is 10.7. The molecule has 1 fully saturated rings. The number of aromatic carboxylic acids is 1. The molecule has 0 spiro atoms. The van der Waals surface area contributed by atoms with E-state index >= 15 is 0 Å². The van der Waals surface area contributed by atoms with Crippen molar-refractivity contribution in [3.05, 3.63) is 71.3 Å². The number of carboxylic acids is 1. The number of halogens is 2. The van der Waals surface area contributed by atoms with E-state index in [1.807, 2.05) is 42.5 Å². The lowest BCUT2D eigenvalue weighted by atomic mass is 9.87.